The number of hydrogen-bond acceptors (Lipinski definition) is 6. The zero-order valence-corrected chi connectivity index (χ0v) is 21.4. The van der Waals surface area contributed by atoms with Crippen LogP contribution in [0.4, 0.5) is 10.5 Å². The lowest BCUT2D eigenvalue weighted by molar-refractivity contribution is -0.126. The van der Waals surface area contributed by atoms with E-state index in [0.29, 0.717) is 56.3 Å². The number of nitrogens with zero attached hydrogens (tertiary/aromatic N) is 2. The highest BCUT2D eigenvalue weighted by Crippen LogP contribution is 2.38. The van der Waals surface area contributed by atoms with E-state index in [-0.39, 0.29) is 24.0 Å². The SMILES string of the molecule is CC[C@@H]1CN(C(=O)N2CCC(C(=O)NCc3cc(OC)c(OC)c(OC)c3)CC2)c2ccccc2O1. The quantitative estimate of drug-likeness (QED) is 0.625. The minimum absolute atomic E-state index is 0.0152. The minimum atomic E-state index is -0.142. The number of amides is 3. The van der Waals surface area contributed by atoms with E-state index in [1.54, 1.807) is 21.3 Å². The third kappa shape index (κ3) is 5.29. The Hall–Kier alpha value is -3.62. The monoisotopic (exact) mass is 497 g/mol. The van der Waals surface area contributed by atoms with Crippen molar-refractivity contribution in [3.8, 4) is 23.0 Å². The van der Waals surface area contributed by atoms with Gasteiger partial charge >= 0.3 is 6.03 Å². The van der Waals surface area contributed by atoms with E-state index in [1.165, 1.54) is 0 Å². The first-order valence-electron chi connectivity index (χ1n) is 12.4. The van der Waals surface area contributed by atoms with E-state index in [2.05, 4.69) is 12.2 Å². The molecule has 9 nitrogen and oxygen atoms in total. The van der Waals surface area contributed by atoms with E-state index in [1.807, 2.05) is 46.2 Å². The lowest BCUT2D eigenvalue weighted by atomic mass is 9.96. The molecular formula is C27H35N3O6. The molecule has 0 aliphatic carbocycles. The number of carbonyl (C=O) groups excluding carboxylic acids is 2. The van der Waals surface area contributed by atoms with Gasteiger partial charge in [0.15, 0.2) is 11.5 Å². The molecule has 0 unspecified atom stereocenters. The van der Waals surface area contributed by atoms with Gasteiger partial charge in [0.25, 0.3) is 0 Å². The minimum Gasteiger partial charge on any atom is -0.493 e. The molecule has 1 fully saturated rings. The summed E-state index contributed by atoms with van der Waals surface area (Å²) in [6.07, 6.45) is 2.04. The van der Waals surface area contributed by atoms with Crippen LogP contribution in [-0.2, 0) is 11.3 Å². The van der Waals surface area contributed by atoms with Crippen LogP contribution in [0.3, 0.4) is 0 Å². The Morgan fingerprint density at radius 2 is 1.69 bits per heavy atom. The molecule has 1 N–H and O–H groups in total. The van der Waals surface area contributed by atoms with E-state index >= 15 is 0 Å². The molecule has 4 rings (SSSR count). The third-order valence-electron chi connectivity index (χ3n) is 6.85. The number of anilines is 1. The fraction of sp³-hybridized carbons (Fsp3) is 0.481. The van der Waals surface area contributed by atoms with E-state index in [4.69, 9.17) is 18.9 Å². The smallest absolute Gasteiger partial charge is 0.324 e. The van der Waals surface area contributed by atoms with Crippen molar-refractivity contribution in [3.63, 3.8) is 0 Å². The van der Waals surface area contributed by atoms with Gasteiger partial charge in [-0.3, -0.25) is 9.69 Å². The van der Waals surface area contributed by atoms with Crippen molar-refractivity contribution >= 4 is 17.6 Å². The average Bonchev–Trinajstić information content (AvgIpc) is 2.94. The number of likely N-dealkylation sites (tertiary alicyclic amines) is 1. The first-order chi connectivity index (χ1) is 17.5. The van der Waals surface area contributed by atoms with Crippen LogP contribution >= 0.6 is 0 Å². The number of urea groups is 1. The molecule has 2 heterocycles. The van der Waals surface area contributed by atoms with Gasteiger partial charge in [0.05, 0.1) is 33.6 Å². The summed E-state index contributed by atoms with van der Waals surface area (Å²) in [6, 6.07) is 11.3. The van der Waals surface area contributed by atoms with E-state index in [9.17, 15) is 9.59 Å². The van der Waals surface area contributed by atoms with Crippen molar-refractivity contribution in [1.29, 1.82) is 0 Å². The average molecular weight is 498 g/mol. The Bertz CT molecular complexity index is 1060. The molecule has 2 aliphatic rings. The van der Waals surface area contributed by atoms with Crippen LogP contribution in [-0.4, -0.2) is 63.9 Å². The third-order valence-corrected chi connectivity index (χ3v) is 6.85. The number of ether oxygens (including phenoxy) is 4. The number of fused-ring (bicyclic) bond motifs is 1. The van der Waals surface area contributed by atoms with Crippen LogP contribution < -0.4 is 29.2 Å². The van der Waals surface area contributed by atoms with Gasteiger partial charge in [-0.05, 0) is 49.1 Å². The van der Waals surface area contributed by atoms with E-state index in [0.717, 1.165) is 23.4 Å². The van der Waals surface area contributed by atoms with Gasteiger partial charge in [0.1, 0.15) is 11.9 Å². The second-order valence-electron chi connectivity index (χ2n) is 9.02. The van der Waals surface area contributed by atoms with Crippen molar-refractivity contribution in [1.82, 2.24) is 10.2 Å². The van der Waals surface area contributed by atoms with Crippen LogP contribution in [0, 0.1) is 5.92 Å². The molecular weight excluding hydrogens is 462 g/mol. The number of para-hydroxylation sites is 2. The first kappa shape index (κ1) is 25.5. The molecule has 1 atom stereocenters. The van der Waals surface area contributed by atoms with Gasteiger partial charge < -0.3 is 29.2 Å². The molecule has 9 heteroatoms. The van der Waals surface area contributed by atoms with Gasteiger partial charge in [-0.1, -0.05) is 19.1 Å². The summed E-state index contributed by atoms with van der Waals surface area (Å²) in [5.74, 6) is 2.19. The summed E-state index contributed by atoms with van der Waals surface area (Å²) >= 11 is 0. The van der Waals surface area contributed by atoms with Crippen LogP contribution in [0.2, 0.25) is 0 Å². The topological polar surface area (TPSA) is 89.6 Å². The van der Waals surface area contributed by atoms with Crippen molar-refractivity contribution in [3.05, 3.63) is 42.0 Å². The fourth-order valence-corrected chi connectivity index (χ4v) is 4.77. The molecule has 0 saturated carbocycles. The standard InChI is InChI=1S/C27H35N3O6/c1-5-20-17-30(21-8-6-7-9-22(21)36-20)27(32)29-12-10-19(11-13-29)26(31)28-16-18-14-23(33-2)25(35-4)24(15-18)34-3/h6-9,14-15,19-20H,5,10-13,16-17H2,1-4H3,(H,28,31)/t20-/m1/s1. The molecule has 2 aliphatic heterocycles. The summed E-state index contributed by atoms with van der Waals surface area (Å²) in [5.41, 5.74) is 1.65. The first-order valence-corrected chi connectivity index (χ1v) is 12.4. The molecule has 0 radical (unpaired) electrons. The lowest BCUT2D eigenvalue weighted by Crippen LogP contribution is -2.52. The number of methoxy groups -OCH3 is 3. The van der Waals surface area contributed by atoms with Gasteiger partial charge in [-0.15, -0.1) is 0 Å². The molecule has 3 amide bonds. The molecule has 2 aromatic rings. The predicted molar refractivity (Wildman–Crippen MR) is 136 cm³/mol. The summed E-state index contributed by atoms with van der Waals surface area (Å²) < 4.78 is 22.2. The highest BCUT2D eigenvalue weighted by atomic mass is 16.5. The Balaban J connectivity index is 1.34. The van der Waals surface area contributed by atoms with Crippen LogP contribution in [0.1, 0.15) is 31.7 Å². The van der Waals surface area contributed by atoms with Gasteiger partial charge in [-0.2, -0.15) is 0 Å². The second-order valence-corrected chi connectivity index (χ2v) is 9.02. The van der Waals surface area contributed by atoms with Crippen LogP contribution in [0.5, 0.6) is 23.0 Å². The summed E-state index contributed by atoms with van der Waals surface area (Å²) in [7, 11) is 4.68. The van der Waals surface area contributed by atoms with Gasteiger partial charge in [0.2, 0.25) is 11.7 Å². The van der Waals surface area contributed by atoms with E-state index < -0.39 is 0 Å². The number of piperidine rings is 1. The number of carbonyl (C=O) groups is 2. The Labute approximate surface area is 212 Å². The molecule has 0 aromatic heterocycles. The summed E-state index contributed by atoms with van der Waals surface area (Å²) in [6.45, 7) is 4.01. The highest BCUT2D eigenvalue weighted by molar-refractivity contribution is 5.94. The molecule has 36 heavy (non-hydrogen) atoms. The second kappa shape index (κ2) is 11.4. The normalized spacial score (nSPS) is 17.6. The largest absolute Gasteiger partial charge is 0.493 e. The molecule has 194 valence electrons. The fourth-order valence-electron chi connectivity index (χ4n) is 4.77. The predicted octanol–water partition coefficient (Wildman–Crippen LogP) is 3.84. The molecule has 1 saturated heterocycles. The maximum Gasteiger partial charge on any atom is 0.324 e. The number of benzene rings is 2. The summed E-state index contributed by atoms with van der Waals surface area (Å²) in [4.78, 5) is 30.0. The van der Waals surface area contributed by atoms with Gasteiger partial charge in [-0.25, -0.2) is 4.79 Å². The molecule has 2 aromatic carbocycles. The zero-order chi connectivity index (χ0) is 25.7. The zero-order valence-electron chi connectivity index (χ0n) is 21.4. The Kier molecular flexibility index (Phi) is 8.07. The maximum atomic E-state index is 13.4. The maximum absolute atomic E-state index is 13.4. The Morgan fingerprint density at radius 3 is 2.31 bits per heavy atom. The molecule has 0 bridgehead atoms. The number of hydrogen-bond donors (Lipinski definition) is 1. The Morgan fingerprint density at radius 1 is 1.03 bits per heavy atom. The summed E-state index contributed by atoms with van der Waals surface area (Å²) in [5, 5.41) is 3.02. The van der Waals surface area contributed by atoms with Crippen molar-refractivity contribution in [2.45, 2.75) is 38.8 Å². The molecule has 0 spiro atoms. The van der Waals surface area contributed by atoms with Gasteiger partial charge in [0, 0.05) is 25.6 Å². The lowest BCUT2D eigenvalue weighted by Gasteiger charge is -2.39. The van der Waals surface area contributed by atoms with Crippen molar-refractivity contribution in [2.24, 2.45) is 5.92 Å². The van der Waals surface area contributed by atoms with Crippen LogP contribution in [0.25, 0.3) is 0 Å². The van der Waals surface area contributed by atoms with Crippen molar-refractivity contribution < 1.29 is 28.5 Å². The highest BCUT2D eigenvalue weighted by Gasteiger charge is 2.34. The number of rotatable bonds is 7. The van der Waals surface area contributed by atoms with Crippen LogP contribution in [0.15, 0.2) is 36.4 Å². The number of nitrogens with one attached hydrogen (secondary N) is 1. The van der Waals surface area contributed by atoms with Crippen molar-refractivity contribution in [2.75, 3.05) is 45.9 Å².